The smallest absolute Gasteiger partial charge is 0.255 e. The molecule has 122 valence electrons. The van der Waals surface area contributed by atoms with Gasteiger partial charge in [0.15, 0.2) is 0 Å². The first-order valence-electron chi connectivity index (χ1n) is 7.37. The highest BCUT2D eigenvalue weighted by Gasteiger charge is 2.12. The van der Waals surface area contributed by atoms with Crippen LogP contribution in [0.25, 0.3) is 0 Å². The van der Waals surface area contributed by atoms with Gasteiger partial charge in [-0.2, -0.15) is 0 Å². The third kappa shape index (κ3) is 4.72. The van der Waals surface area contributed by atoms with Gasteiger partial charge < -0.3 is 10.1 Å². The molecule has 0 aliphatic rings. The van der Waals surface area contributed by atoms with E-state index in [4.69, 9.17) is 16.3 Å². The van der Waals surface area contributed by atoms with E-state index in [1.807, 2.05) is 19.1 Å². The summed E-state index contributed by atoms with van der Waals surface area (Å²) in [6.07, 6.45) is 0. The van der Waals surface area contributed by atoms with E-state index in [1.165, 1.54) is 0 Å². The predicted octanol–water partition coefficient (Wildman–Crippen LogP) is 5.70. The Labute approximate surface area is 150 Å². The number of hydrogen-bond donors (Lipinski definition) is 1. The number of hydrogen-bond acceptors (Lipinski definition) is 2. The minimum Gasteiger partial charge on any atom is -0.492 e. The van der Waals surface area contributed by atoms with Crippen molar-refractivity contribution < 1.29 is 9.53 Å². The van der Waals surface area contributed by atoms with Crippen molar-refractivity contribution in [1.82, 2.24) is 0 Å². The van der Waals surface area contributed by atoms with E-state index >= 15 is 0 Å². The molecule has 0 aliphatic heterocycles. The van der Waals surface area contributed by atoms with Gasteiger partial charge >= 0.3 is 0 Å². The first kappa shape index (κ1) is 17.8. The van der Waals surface area contributed by atoms with Crippen LogP contribution in [0.4, 0.5) is 5.69 Å². The van der Waals surface area contributed by atoms with Crippen molar-refractivity contribution in [2.75, 3.05) is 11.9 Å². The topological polar surface area (TPSA) is 38.3 Å². The number of carbonyl (C=O) groups is 1. The second-order valence-electron chi connectivity index (χ2n) is 5.72. The summed E-state index contributed by atoms with van der Waals surface area (Å²) < 4.78 is 6.45. The maximum Gasteiger partial charge on any atom is 0.255 e. The Morgan fingerprint density at radius 1 is 1.30 bits per heavy atom. The molecule has 0 unspecified atom stereocenters. The van der Waals surface area contributed by atoms with Crippen LogP contribution in [0.5, 0.6) is 5.75 Å². The van der Waals surface area contributed by atoms with Crippen molar-refractivity contribution in [3.05, 3.63) is 57.0 Å². The first-order chi connectivity index (χ1) is 10.9. The van der Waals surface area contributed by atoms with Crippen LogP contribution in [0.2, 0.25) is 5.02 Å². The van der Waals surface area contributed by atoms with Crippen molar-refractivity contribution in [3.8, 4) is 5.75 Å². The van der Waals surface area contributed by atoms with Gasteiger partial charge in [-0.3, -0.25) is 4.79 Å². The van der Waals surface area contributed by atoms with E-state index in [9.17, 15) is 4.79 Å². The molecule has 0 radical (unpaired) electrons. The maximum absolute atomic E-state index is 12.4. The maximum atomic E-state index is 12.4. The number of amides is 1. The molecule has 1 amide bonds. The summed E-state index contributed by atoms with van der Waals surface area (Å²) in [4.78, 5) is 12.4. The van der Waals surface area contributed by atoms with Gasteiger partial charge in [0, 0.05) is 16.3 Å². The molecule has 3 nitrogen and oxygen atoms in total. The lowest BCUT2D eigenvalue weighted by Gasteiger charge is -2.12. The number of halogens is 2. The van der Waals surface area contributed by atoms with Gasteiger partial charge in [-0.05, 0) is 64.7 Å². The summed E-state index contributed by atoms with van der Waals surface area (Å²) >= 11 is 9.53. The summed E-state index contributed by atoms with van der Waals surface area (Å²) in [5, 5.41) is 3.51. The van der Waals surface area contributed by atoms with Crippen LogP contribution in [-0.4, -0.2) is 12.5 Å². The Morgan fingerprint density at radius 3 is 2.70 bits per heavy atom. The Hall–Kier alpha value is -1.52. The van der Waals surface area contributed by atoms with Crippen molar-refractivity contribution in [2.45, 2.75) is 20.8 Å². The van der Waals surface area contributed by atoms with Crippen LogP contribution < -0.4 is 10.1 Å². The highest BCUT2D eigenvalue weighted by molar-refractivity contribution is 9.10. The third-order valence-corrected chi connectivity index (χ3v) is 4.31. The molecule has 0 saturated carbocycles. The lowest BCUT2D eigenvalue weighted by Crippen LogP contribution is -2.13. The first-order valence-corrected chi connectivity index (χ1v) is 8.54. The molecule has 0 atom stereocenters. The third-order valence-electron chi connectivity index (χ3n) is 3.28. The second kappa shape index (κ2) is 7.84. The Morgan fingerprint density at radius 2 is 2.04 bits per heavy atom. The molecule has 2 aromatic carbocycles. The predicted molar refractivity (Wildman–Crippen MR) is 98.6 cm³/mol. The minimum atomic E-state index is -0.188. The zero-order valence-corrected chi connectivity index (χ0v) is 15.7. The Kier molecular flexibility index (Phi) is 6.08. The number of ether oxygens (including phenoxy) is 1. The molecule has 23 heavy (non-hydrogen) atoms. The molecule has 0 saturated heterocycles. The number of anilines is 1. The number of rotatable bonds is 5. The summed E-state index contributed by atoms with van der Waals surface area (Å²) in [6, 6.07) is 10.7. The van der Waals surface area contributed by atoms with E-state index in [2.05, 4.69) is 35.1 Å². The van der Waals surface area contributed by atoms with Crippen LogP contribution in [0.15, 0.2) is 40.9 Å². The molecule has 5 heteroatoms. The second-order valence-corrected chi connectivity index (χ2v) is 6.98. The van der Waals surface area contributed by atoms with Crippen molar-refractivity contribution >= 4 is 39.1 Å². The molecule has 0 heterocycles. The van der Waals surface area contributed by atoms with Crippen LogP contribution in [0.3, 0.4) is 0 Å². The van der Waals surface area contributed by atoms with E-state index in [1.54, 1.807) is 24.3 Å². The fraction of sp³-hybridized carbons (Fsp3) is 0.278. The lowest BCUT2D eigenvalue weighted by atomic mass is 10.1. The fourth-order valence-electron chi connectivity index (χ4n) is 1.95. The van der Waals surface area contributed by atoms with Gasteiger partial charge in [0.25, 0.3) is 5.91 Å². The van der Waals surface area contributed by atoms with Gasteiger partial charge in [-0.1, -0.05) is 31.5 Å². The standard InChI is InChI=1S/C18H19BrClNO2/c1-11(2)10-23-17-8-7-13(9-14(17)19)18(22)21-16-6-4-5-15(20)12(16)3/h4-9,11H,10H2,1-3H3,(H,21,22). The van der Waals surface area contributed by atoms with Crippen LogP contribution in [0, 0.1) is 12.8 Å². The van der Waals surface area contributed by atoms with Gasteiger partial charge in [-0.25, -0.2) is 0 Å². The largest absolute Gasteiger partial charge is 0.492 e. The molecule has 2 aromatic rings. The van der Waals surface area contributed by atoms with Gasteiger partial charge in [0.1, 0.15) is 5.75 Å². The van der Waals surface area contributed by atoms with Crippen LogP contribution in [-0.2, 0) is 0 Å². The van der Waals surface area contributed by atoms with E-state index in [0.29, 0.717) is 28.8 Å². The summed E-state index contributed by atoms with van der Waals surface area (Å²) in [5.74, 6) is 0.983. The molecule has 0 bridgehead atoms. The molecule has 0 aliphatic carbocycles. The lowest BCUT2D eigenvalue weighted by molar-refractivity contribution is 0.102. The molecule has 1 N–H and O–H groups in total. The average Bonchev–Trinajstić information content (AvgIpc) is 2.50. The molecule has 2 rings (SSSR count). The van der Waals surface area contributed by atoms with Crippen molar-refractivity contribution in [2.24, 2.45) is 5.92 Å². The van der Waals surface area contributed by atoms with Crippen LogP contribution >= 0.6 is 27.5 Å². The summed E-state index contributed by atoms with van der Waals surface area (Å²) in [5.41, 5.74) is 2.10. The normalized spacial score (nSPS) is 10.7. The monoisotopic (exact) mass is 395 g/mol. The van der Waals surface area contributed by atoms with Gasteiger partial charge in [0.05, 0.1) is 11.1 Å². The number of carbonyl (C=O) groups excluding carboxylic acids is 1. The fourth-order valence-corrected chi connectivity index (χ4v) is 2.62. The Balaban J connectivity index is 2.14. The minimum absolute atomic E-state index is 0.188. The highest BCUT2D eigenvalue weighted by Crippen LogP contribution is 2.28. The molecule has 0 aromatic heterocycles. The van der Waals surface area contributed by atoms with Crippen molar-refractivity contribution in [1.29, 1.82) is 0 Å². The SMILES string of the molecule is Cc1c(Cl)cccc1NC(=O)c1ccc(OCC(C)C)c(Br)c1. The Bertz CT molecular complexity index is 716. The molecule has 0 spiro atoms. The van der Waals surface area contributed by atoms with E-state index in [-0.39, 0.29) is 5.91 Å². The molecule has 0 fully saturated rings. The summed E-state index contributed by atoms with van der Waals surface area (Å²) in [6.45, 7) is 6.68. The zero-order chi connectivity index (χ0) is 17.0. The van der Waals surface area contributed by atoms with E-state index < -0.39 is 0 Å². The quantitative estimate of drug-likeness (QED) is 0.704. The average molecular weight is 397 g/mol. The van der Waals surface area contributed by atoms with Crippen LogP contribution in [0.1, 0.15) is 29.8 Å². The number of benzene rings is 2. The highest BCUT2D eigenvalue weighted by atomic mass is 79.9. The van der Waals surface area contributed by atoms with E-state index in [0.717, 1.165) is 15.8 Å². The van der Waals surface area contributed by atoms with Crippen molar-refractivity contribution in [3.63, 3.8) is 0 Å². The summed E-state index contributed by atoms with van der Waals surface area (Å²) in [7, 11) is 0. The number of nitrogens with one attached hydrogen (secondary N) is 1. The van der Waals surface area contributed by atoms with Gasteiger partial charge in [-0.15, -0.1) is 0 Å². The molecular weight excluding hydrogens is 378 g/mol. The van der Waals surface area contributed by atoms with Gasteiger partial charge in [0.2, 0.25) is 0 Å². The zero-order valence-electron chi connectivity index (χ0n) is 13.3. The molecular formula is C18H19BrClNO2.